The van der Waals surface area contributed by atoms with E-state index in [1.165, 1.54) is 6.07 Å². The number of aromatic hydroxyl groups is 1. The van der Waals surface area contributed by atoms with Gasteiger partial charge in [-0.15, -0.1) is 0 Å². The normalized spacial score (nSPS) is 12.2. The van der Waals surface area contributed by atoms with Crippen molar-refractivity contribution in [2.24, 2.45) is 0 Å². The van der Waals surface area contributed by atoms with Crippen LogP contribution in [0, 0.1) is 19.7 Å². The summed E-state index contributed by atoms with van der Waals surface area (Å²) in [6.45, 7) is 5.66. The predicted molar refractivity (Wildman–Crippen MR) is 76.0 cm³/mol. The number of hydrogen-bond acceptors (Lipinski definition) is 2. The topological polar surface area (TPSA) is 32.3 Å². The Labute approximate surface area is 112 Å². The zero-order chi connectivity index (χ0) is 14.0. The molecule has 0 heterocycles. The molecule has 19 heavy (non-hydrogen) atoms. The molecule has 0 saturated heterocycles. The molecule has 2 aromatic rings. The Bertz CT molecular complexity index is 595. The van der Waals surface area contributed by atoms with Crippen molar-refractivity contribution < 1.29 is 9.50 Å². The van der Waals surface area contributed by atoms with Crippen LogP contribution in [-0.2, 0) is 0 Å². The highest BCUT2D eigenvalue weighted by Gasteiger charge is 2.12. The first-order chi connectivity index (χ1) is 8.97. The first-order valence-corrected chi connectivity index (χ1v) is 6.29. The largest absolute Gasteiger partial charge is 0.508 e. The molecule has 0 radical (unpaired) electrons. The van der Waals surface area contributed by atoms with Gasteiger partial charge in [0.05, 0.1) is 11.7 Å². The molecule has 2 aromatic carbocycles. The van der Waals surface area contributed by atoms with Gasteiger partial charge < -0.3 is 10.4 Å². The van der Waals surface area contributed by atoms with E-state index in [9.17, 15) is 9.50 Å². The van der Waals surface area contributed by atoms with Crippen LogP contribution in [0.5, 0.6) is 5.75 Å². The van der Waals surface area contributed by atoms with Crippen molar-refractivity contribution in [3.8, 4) is 5.75 Å². The average molecular weight is 259 g/mol. The number of rotatable bonds is 3. The SMILES string of the molecule is Cc1ccc(C(C)Nc2ccc(C)cc2F)c(O)c1. The summed E-state index contributed by atoms with van der Waals surface area (Å²) >= 11 is 0. The van der Waals surface area contributed by atoms with Gasteiger partial charge in [0, 0.05) is 5.56 Å². The Kier molecular flexibility index (Phi) is 3.74. The van der Waals surface area contributed by atoms with Gasteiger partial charge in [-0.25, -0.2) is 4.39 Å². The van der Waals surface area contributed by atoms with E-state index < -0.39 is 0 Å². The van der Waals surface area contributed by atoms with E-state index in [1.54, 1.807) is 12.1 Å². The first-order valence-electron chi connectivity index (χ1n) is 6.29. The lowest BCUT2D eigenvalue weighted by atomic mass is 10.0. The van der Waals surface area contributed by atoms with Crippen LogP contribution in [0.3, 0.4) is 0 Å². The van der Waals surface area contributed by atoms with E-state index in [0.717, 1.165) is 16.7 Å². The van der Waals surface area contributed by atoms with E-state index in [4.69, 9.17) is 0 Å². The number of hydrogen-bond donors (Lipinski definition) is 2. The standard InChI is InChI=1S/C16H18FNO/c1-10-5-7-15(14(17)8-10)18-12(3)13-6-4-11(2)9-16(13)19/h4-9,12,18-19H,1-3H3. The summed E-state index contributed by atoms with van der Waals surface area (Å²) in [4.78, 5) is 0. The second-order valence-electron chi connectivity index (χ2n) is 4.91. The highest BCUT2D eigenvalue weighted by atomic mass is 19.1. The summed E-state index contributed by atoms with van der Waals surface area (Å²) in [5.74, 6) is -0.0500. The third kappa shape index (κ3) is 3.05. The predicted octanol–water partition coefficient (Wildman–Crippen LogP) is 4.32. The van der Waals surface area contributed by atoms with Gasteiger partial charge in [0.25, 0.3) is 0 Å². The maximum absolute atomic E-state index is 13.8. The number of halogens is 1. The average Bonchev–Trinajstić information content (AvgIpc) is 2.32. The second kappa shape index (κ2) is 5.31. The summed E-state index contributed by atoms with van der Waals surface area (Å²) in [7, 11) is 0. The number of benzene rings is 2. The van der Waals surface area contributed by atoms with Gasteiger partial charge >= 0.3 is 0 Å². The van der Waals surface area contributed by atoms with E-state index in [-0.39, 0.29) is 17.6 Å². The molecular formula is C16H18FNO. The number of aryl methyl sites for hydroxylation is 2. The van der Waals surface area contributed by atoms with Crippen molar-refractivity contribution in [3.05, 3.63) is 58.9 Å². The third-order valence-corrected chi connectivity index (χ3v) is 3.15. The highest BCUT2D eigenvalue weighted by molar-refractivity contribution is 5.50. The quantitative estimate of drug-likeness (QED) is 0.860. The molecule has 0 amide bonds. The third-order valence-electron chi connectivity index (χ3n) is 3.15. The Morgan fingerprint density at radius 3 is 2.32 bits per heavy atom. The maximum Gasteiger partial charge on any atom is 0.146 e. The van der Waals surface area contributed by atoms with E-state index >= 15 is 0 Å². The molecule has 0 aliphatic rings. The first kappa shape index (κ1) is 13.4. The van der Waals surface area contributed by atoms with E-state index in [1.807, 2.05) is 39.0 Å². The summed E-state index contributed by atoms with van der Waals surface area (Å²) in [6.07, 6.45) is 0. The number of nitrogens with one attached hydrogen (secondary N) is 1. The molecule has 1 atom stereocenters. The Hall–Kier alpha value is -2.03. The molecular weight excluding hydrogens is 241 g/mol. The minimum Gasteiger partial charge on any atom is -0.508 e. The zero-order valence-corrected chi connectivity index (χ0v) is 11.4. The van der Waals surface area contributed by atoms with Crippen molar-refractivity contribution in [3.63, 3.8) is 0 Å². The zero-order valence-electron chi connectivity index (χ0n) is 11.4. The summed E-state index contributed by atoms with van der Waals surface area (Å²) in [5, 5.41) is 13.0. The number of phenols is 1. The maximum atomic E-state index is 13.8. The van der Waals surface area contributed by atoms with Crippen molar-refractivity contribution in [2.45, 2.75) is 26.8 Å². The Balaban J connectivity index is 2.23. The van der Waals surface area contributed by atoms with Crippen LogP contribution in [0.25, 0.3) is 0 Å². The lowest BCUT2D eigenvalue weighted by Gasteiger charge is -2.18. The van der Waals surface area contributed by atoms with Crippen LogP contribution < -0.4 is 5.32 Å². The molecule has 2 N–H and O–H groups in total. The van der Waals surface area contributed by atoms with Crippen molar-refractivity contribution >= 4 is 5.69 Å². The smallest absolute Gasteiger partial charge is 0.146 e. The number of phenolic OH excluding ortho intramolecular Hbond substituents is 1. The molecule has 0 aromatic heterocycles. The van der Waals surface area contributed by atoms with Gasteiger partial charge in [-0.2, -0.15) is 0 Å². The molecule has 0 fully saturated rings. The molecule has 0 saturated carbocycles. The minimum absolute atomic E-state index is 0.169. The van der Waals surface area contributed by atoms with Gasteiger partial charge in [0.2, 0.25) is 0 Å². The van der Waals surface area contributed by atoms with Crippen LogP contribution in [0.4, 0.5) is 10.1 Å². The lowest BCUT2D eigenvalue weighted by molar-refractivity contribution is 0.465. The van der Waals surface area contributed by atoms with Crippen LogP contribution in [-0.4, -0.2) is 5.11 Å². The van der Waals surface area contributed by atoms with E-state index in [0.29, 0.717) is 5.69 Å². The van der Waals surface area contributed by atoms with Crippen molar-refractivity contribution in [1.29, 1.82) is 0 Å². The van der Waals surface area contributed by atoms with Gasteiger partial charge in [-0.3, -0.25) is 0 Å². The molecule has 0 aliphatic heterocycles. The fourth-order valence-corrected chi connectivity index (χ4v) is 2.07. The molecule has 0 aliphatic carbocycles. The summed E-state index contributed by atoms with van der Waals surface area (Å²) in [5.41, 5.74) is 3.08. The Morgan fingerprint density at radius 2 is 1.68 bits per heavy atom. The van der Waals surface area contributed by atoms with Gasteiger partial charge in [0.1, 0.15) is 11.6 Å². The van der Waals surface area contributed by atoms with Crippen LogP contribution >= 0.6 is 0 Å². The molecule has 3 heteroatoms. The highest BCUT2D eigenvalue weighted by Crippen LogP contribution is 2.28. The second-order valence-corrected chi connectivity index (χ2v) is 4.91. The van der Waals surface area contributed by atoms with Crippen molar-refractivity contribution in [2.75, 3.05) is 5.32 Å². The summed E-state index contributed by atoms with van der Waals surface area (Å²) in [6, 6.07) is 10.4. The number of anilines is 1. The monoisotopic (exact) mass is 259 g/mol. The van der Waals surface area contributed by atoms with Crippen molar-refractivity contribution in [1.82, 2.24) is 0 Å². The summed E-state index contributed by atoms with van der Waals surface area (Å²) < 4.78 is 13.8. The van der Waals surface area contributed by atoms with Crippen LogP contribution in [0.1, 0.15) is 29.7 Å². The molecule has 0 bridgehead atoms. The fraction of sp³-hybridized carbons (Fsp3) is 0.250. The lowest BCUT2D eigenvalue weighted by Crippen LogP contribution is -2.08. The molecule has 100 valence electrons. The van der Waals surface area contributed by atoms with Gasteiger partial charge in [-0.05, 0) is 50.1 Å². The van der Waals surface area contributed by atoms with Gasteiger partial charge in [-0.1, -0.05) is 18.2 Å². The van der Waals surface area contributed by atoms with Crippen LogP contribution in [0.15, 0.2) is 36.4 Å². The van der Waals surface area contributed by atoms with E-state index in [2.05, 4.69) is 5.32 Å². The fourth-order valence-electron chi connectivity index (χ4n) is 2.07. The molecule has 2 nitrogen and oxygen atoms in total. The van der Waals surface area contributed by atoms with Crippen LogP contribution in [0.2, 0.25) is 0 Å². The Morgan fingerprint density at radius 1 is 1.05 bits per heavy atom. The van der Waals surface area contributed by atoms with Gasteiger partial charge in [0.15, 0.2) is 0 Å². The molecule has 0 spiro atoms. The molecule has 1 unspecified atom stereocenters. The molecule has 2 rings (SSSR count). The minimum atomic E-state index is -0.279.